The lowest BCUT2D eigenvalue weighted by Crippen LogP contribution is -2.33. The highest BCUT2D eigenvalue weighted by atomic mass is 19.1. The average molecular weight is 445 g/mol. The molecule has 0 bridgehead atoms. The minimum Gasteiger partial charge on any atom is -0.464 e. The monoisotopic (exact) mass is 445 g/mol. The molecule has 0 saturated carbocycles. The van der Waals surface area contributed by atoms with E-state index >= 15 is 0 Å². The first-order valence-electron chi connectivity index (χ1n) is 10.9. The Hall–Kier alpha value is -3.71. The Bertz CT molecular complexity index is 1300. The van der Waals surface area contributed by atoms with Crippen LogP contribution in [0, 0.1) is 0 Å². The van der Waals surface area contributed by atoms with E-state index in [0.29, 0.717) is 18.5 Å². The Kier molecular flexibility index (Phi) is 5.79. The lowest BCUT2D eigenvalue weighted by Gasteiger charge is -2.19. The Balaban J connectivity index is 1.37. The van der Waals surface area contributed by atoms with E-state index in [4.69, 9.17) is 4.42 Å². The van der Waals surface area contributed by atoms with Crippen molar-refractivity contribution in [2.24, 2.45) is 0 Å². The number of nitrogens with zero attached hydrogens (tertiary/aromatic N) is 2. The van der Waals surface area contributed by atoms with Crippen LogP contribution < -0.4 is 10.2 Å². The summed E-state index contributed by atoms with van der Waals surface area (Å²) in [6.45, 7) is -0.292. The highest BCUT2D eigenvalue weighted by molar-refractivity contribution is 5.98. The smallest absolute Gasteiger partial charge is 0.251 e. The number of benzene rings is 2. The molecule has 168 valence electrons. The number of fused-ring (bicyclic) bond motifs is 2. The third-order valence-electron chi connectivity index (χ3n) is 5.96. The first-order chi connectivity index (χ1) is 16.1. The fourth-order valence-electron chi connectivity index (χ4n) is 4.33. The highest BCUT2D eigenvalue weighted by Crippen LogP contribution is 2.36. The molecule has 0 spiro atoms. The lowest BCUT2D eigenvalue weighted by atomic mass is 10.0. The van der Waals surface area contributed by atoms with Crippen LogP contribution in [0.15, 0.2) is 71.5 Å². The number of hydrogen-bond donors (Lipinski definition) is 2. The molecule has 4 aromatic rings. The van der Waals surface area contributed by atoms with Crippen LogP contribution in [-0.2, 0) is 12.8 Å². The SMILES string of the molecule is O=C(NC[C@H](O)CF)c1cccc2c1CCN2c1cc(Cc2ccc3occc3c2)ccn1. The molecule has 33 heavy (non-hydrogen) atoms. The van der Waals surface area contributed by atoms with Gasteiger partial charge in [0.15, 0.2) is 0 Å². The Morgan fingerprint density at radius 3 is 2.94 bits per heavy atom. The lowest BCUT2D eigenvalue weighted by molar-refractivity contribution is 0.0894. The van der Waals surface area contributed by atoms with Gasteiger partial charge in [-0.15, -0.1) is 0 Å². The Labute approximate surface area is 190 Å². The first-order valence-corrected chi connectivity index (χ1v) is 10.9. The number of aromatic nitrogens is 1. The molecule has 2 aromatic heterocycles. The van der Waals surface area contributed by atoms with Crippen LogP contribution in [0.4, 0.5) is 15.9 Å². The highest BCUT2D eigenvalue weighted by Gasteiger charge is 2.26. The minimum atomic E-state index is -1.19. The van der Waals surface area contributed by atoms with Crippen LogP contribution in [0.5, 0.6) is 0 Å². The van der Waals surface area contributed by atoms with E-state index in [1.54, 1.807) is 12.3 Å². The third-order valence-corrected chi connectivity index (χ3v) is 5.96. The Morgan fingerprint density at radius 2 is 2.06 bits per heavy atom. The average Bonchev–Trinajstić information content (AvgIpc) is 3.49. The molecule has 1 aliphatic rings. The van der Waals surface area contributed by atoms with Gasteiger partial charge in [-0.3, -0.25) is 4.79 Å². The molecule has 2 aromatic carbocycles. The first kappa shape index (κ1) is 21.2. The number of carbonyl (C=O) groups is 1. The molecule has 0 fully saturated rings. The summed E-state index contributed by atoms with van der Waals surface area (Å²) in [5.74, 6) is 0.526. The zero-order valence-corrected chi connectivity index (χ0v) is 18.0. The second-order valence-corrected chi connectivity index (χ2v) is 8.21. The van der Waals surface area contributed by atoms with Gasteiger partial charge in [-0.05, 0) is 72.0 Å². The third kappa shape index (κ3) is 4.32. The number of carbonyl (C=O) groups excluding carboxylic acids is 1. The number of pyridine rings is 1. The zero-order chi connectivity index (χ0) is 22.8. The fraction of sp³-hybridized carbons (Fsp3) is 0.231. The topological polar surface area (TPSA) is 78.6 Å². The van der Waals surface area contributed by atoms with Gasteiger partial charge >= 0.3 is 0 Å². The number of hydrogen-bond acceptors (Lipinski definition) is 5. The van der Waals surface area contributed by atoms with E-state index in [-0.39, 0.29) is 12.5 Å². The minimum absolute atomic E-state index is 0.114. The number of aliphatic hydroxyl groups excluding tert-OH is 1. The number of nitrogens with one attached hydrogen (secondary N) is 1. The number of halogens is 1. The van der Waals surface area contributed by atoms with Crippen molar-refractivity contribution < 1.29 is 18.7 Å². The summed E-state index contributed by atoms with van der Waals surface area (Å²) in [5.41, 5.74) is 5.63. The van der Waals surface area contributed by atoms with Crippen molar-refractivity contribution in [3.8, 4) is 0 Å². The van der Waals surface area contributed by atoms with Crippen molar-refractivity contribution >= 4 is 28.4 Å². The molecule has 1 aliphatic heterocycles. The second-order valence-electron chi connectivity index (χ2n) is 8.21. The van der Waals surface area contributed by atoms with Gasteiger partial charge in [-0.2, -0.15) is 0 Å². The number of amides is 1. The van der Waals surface area contributed by atoms with Crippen LogP contribution in [-0.4, -0.2) is 41.9 Å². The molecule has 5 rings (SSSR count). The molecule has 0 saturated heterocycles. The van der Waals surface area contributed by atoms with E-state index in [0.717, 1.165) is 40.0 Å². The van der Waals surface area contributed by atoms with Crippen molar-refractivity contribution in [3.63, 3.8) is 0 Å². The van der Waals surface area contributed by atoms with Crippen molar-refractivity contribution in [3.05, 3.63) is 89.3 Å². The molecular weight excluding hydrogens is 421 g/mol. The number of furan rings is 1. The molecule has 1 amide bonds. The van der Waals surface area contributed by atoms with Crippen molar-refractivity contribution in [1.29, 1.82) is 0 Å². The van der Waals surface area contributed by atoms with E-state index in [1.165, 1.54) is 5.56 Å². The van der Waals surface area contributed by atoms with E-state index < -0.39 is 12.8 Å². The quantitative estimate of drug-likeness (QED) is 0.446. The van der Waals surface area contributed by atoms with Gasteiger partial charge in [0.2, 0.25) is 0 Å². The molecule has 1 atom stereocenters. The van der Waals surface area contributed by atoms with Crippen LogP contribution in [0.25, 0.3) is 11.0 Å². The van der Waals surface area contributed by atoms with Gasteiger partial charge in [-0.25, -0.2) is 9.37 Å². The van der Waals surface area contributed by atoms with Crippen LogP contribution in [0.1, 0.15) is 27.0 Å². The summed E-state index contributed by atoms with van der Waals surface area (Å²) >= 11 is 0. The predicted molar refractivity (Wildman–Crippen MR) is 125 cm³/mol. The normalized spacial score (nSPS) is 13.8. The summed E-state index contributed by atoms with van der Waals surface area (Å²) in [7, 11) is 0. The number of aliphatic hydroxyl groups is 1. The van der Waals surface area contributed by atoms with E-state index in [1.807, 2.05) is 36.5 Å². The summed E-state index contributed by atoms with van der Waals surface area (Å²) in [5, 5.41) is 13.1. The maximum Gasteiger partial charge on any atom is 0.251 e. The van der Waals surface area contributed by atoms with Crippen LogP contribution in [0.2, 0.25) is 0 Å². The standard InChI is InChI=1S/C26H24FN3O3/c27-15-20(31)16-29-26(32)22-2-1-3-23-21(22)7-10-30(23)25-14-18(6-9-28-25)12-17-4-5-24-19(13-17)8-11-33-24/h1-6,8-9,11,13-14,20,31H,7,10,12,15-16H2,(H,29,32)/t20-/m1/s1. The van der Waals surface area contributed by atoms with Gasteiger partial charge in [-0.1, -0.05) is 12.1 Å². The van der Waals surface area contributed by atoms with Gasteiger partial charge in [0.05, 0.1) is 12.4 Å². The van der Waals surface area contributed by atoms with Gasteiger partial charge in [0.1, 0.15) is 18.1 Å². The molecular formula is C26H24FN3O3. The van der Waals surface area contributed by atoms with E-state index in [9.17, 15) is 14.3 Å². The summed E-state index contributed by atoms with van der Waals surface area (Å²) in [6.07, 6.45) is 3.79. The van der Waals surface area contributed by atoms with E-state index in [2.05, 4.69) is 33.4 Å². The van der Waals surface area contributed by atoms with Crippen molar-refractivity contribution in [2.75, 3.05) is 24.7 Å². The second kappa shape index (κ2) is 9.03. The van der Waals surface area contributed by atoms with Crippen LogP contribution >= 0.6 is 0 Å². The zero-order valence-electron chi connectivity index (χ0n) is 18.0. The number of anilines is 2. The number of rotatable bonds is 7. The van der Waals surface area contributed by atoms with Gasteiger partial charge in [0, 0.05) is 35.9 Å². The largest absolute Gasteiger partial charge is 0.464 e. The maximum atomic E-state index is 12.6. The van der Waals surface area contributed by atoms with Gasteiger partial charge < -0.3 is 19.7 Å². The molecule has 6 nitrogen and oxygen atoms in total. The van der Waals surface area contributed by atoms with Crippen LogP contribution in [0.3, 0.4) is 0 Å². The molecule has 0 unspecified atom stereocenters. The molecule has 0 aliphatic carbocycles. The summed E-state index contributed by atoms with van der Waals surface area (Å²) in [4.78, 5) is 19.3. The molecule has 0 radical (unpaired) electrons. The summed E-state index contributed by atoms with van der Waals surface area (Å²) in [6, 6.07) is 17.8. The maximum absolute atomic E-state index is 12.6. The molecule has 7 heteroatoms. The number of alkyl halides is 1. The van der Waals surface area contributed by atoms with Gasteiger partial charge in [0.25, 0.3) is 5.91 Å². The summed E-state index contributed by atoms with van der Waals surface area (Å²) < 4.78 is 17.9. The van der Waals surface area contributed by atoms with Crippen molar-refractivity contribution in [2.45, 2.75) is 18.9 Å². The van der Waals surface area contributed by atoms with Crippen molar-refractivity contribution in [1.82, 2.24) is 10.3 Å². The molecule has 2 N–H and O–H groups in total. The fourth-order valence-corrected chi connectivity index (χ4v) is 4.33. The predicted octanol–water partition coefficient (Wildman–Crippen LogP) is 4.17. The Morgan fingerprint density at radius 1 is 1.18 bits per heavy atom. The molecule has 3 heterocycles.